The zero-order chi connectivity index (χ0) is 9.30. The van der Waals surface area contributed by atoms with Crippen molar-refractivity contribution in [3.63, 3.8) is 0 Å². The molecule has 1 aromatic rings. The van der Waals surface area contributed by atoms with Gasteiger partial charge in [0.1, 0.15) is 5.02 Å². The van der Waals surface area contributed by atoms with Crippen LogP contribution >= 0.6 is 11.6 Å². The molecule has 0 saturated heterocycles. The number of H-pyrrole nitrogens is 1. The molecule has 0 aliphatic heterocycles. The van der Waals surface area contributed by atoms with Gasteiger partial charge in [-0.15, -0.1) is 0 Å². The quantitative estimate of drug-likeness (QED) is 0.606. The van der Waals surface area contributed by atoms with Crippen LogP contribution in [0.5, 0.6) is 0 Å². The molecule has 1 aromatic heterocycles. The van der Waals surface area contributed by atoms with Gasteiger partial charge in [0.2, 0.25) is 0 Å². The Morgan fingerprint density at radius 3 is 2.67 bits per heavy atom. The number of aromatic nitrogens is 2. The van der Waals surface area contributed by atoms with Crippen LogP contribution in [-0.4, -0.2) is 9.55 Å². The van der Waals surface area contributed by atoms with Gasteiger partial charge in [0.05, 0.1) is 5.69 Å². The standard InChI is InChI=1S/C6H8ClN3O2/c1-10-5(11)4(7)3(2-8)9-6(10)12/h2,8H2,1H3,(H,9,12). The lowest BCUT2D eigenvalue weighted by Gasteiger charge is -2.01. The van der Waals surface area contributed by atoms with E-state index in [1.54, 1.807) is 0 Å². The van der Waals surface area contributed by atoms with Crippen molar-refractivity contribution in [2.45, 2.75) is 6.54 Å². The normalized spacial score (nSPS) is 10.2. The Labute approximate surface area is 72.8 Å². The Kier molecular flexibility index (Phi) is 2.35. The van der Waals surface area contributed by atoms with Crippen molar-refractivity contribution in [2.24, 2.45) is 12.8 Å². The van der Waals surface area contributed by atoms with Crippen LogP contribution in [-0.2, 0) is 13.6 Å². The van der Waals surface area contributed by atoms with E-state index in [2.05, 4.69) is 4.98 Å². The van der Waals surface area contributed by atoms with Crippen molar-refractivity contribution >= 4 is 11.6 Å². The minimum Gasteiger partial charge on any atom is -0.325 e. The fraction of sp³-hybridized carbons (Fsp3) is 0.333. The number of hydrogen-bond acceptors (Lipinski definition) is 3. The van der Waals surface area contributed by atoms with E-state index in [4.69, 9.17) is 17.3 Å². The largest absolute Gasteiger partial charge is 0.328 e. The fourth-order valence-corrected chi connectivity index (χ4v) is 1.03. The molecule has 66 valence electrons. The number of rotatable bonds is 1. The highest BCUT2D eigenvalue weighted by Crippen LogP contribution is 2.02. The molecule has 0 aliphatic rings. The molecule has 0 amide bonds. The van der Waals surface area contributed by atoms with Gasteiger partial charge in [-0.1, -0.05) is 11.6 Å². The van der Waals surface area contributed by atoms with Gasteiger partial charge >= 0.3 is 5.69 Å². The molecule has 1 rings (SSSR count). The third kappa shape index (κ3) is 1.28. The summed E-state index contributed by atoms with van der Waals surface area (Å²) in [5.41, 5.74) is 4.47. The lowest BCUT2D eigenvalue weighted by atomic mass is 10.4. The summed E-state index contributed by atoms with van der Waals surface area (Å²) in [6.45, 7) is 0.0458. The maximum absolute atomic E-state index is 11.1. The van der Waals surface area contributed by atoms with Gasteiger partial charge in [0, 0.05) is 13.6 Å². The van der Waals surface area contributed by atoms with Crippen LogP contribution in [0.3, 0.4) is 0 Å². The van der Waals surface area contributed by atoms with Crippen LogP contribution in [0.2, 0.25) is 5.02 Å². The highest BCUT2D eigenvalue weighted by Gasteiger charge is 2.07. The number of nitrogens with zero attached hydrogens (tertiary/aromatic N) is 1. The average Bonchev–Trinajstić information content (AvgIpc) is 2.08. The minimum absolute atomic E-state index is 0.0281. The van der Waals surface area contributed by atoms with E-state index in [0.717, 1.165) is 4.57 Å². The first-order valence-corrected chi connectivity index (χ1v) is 3.63. The van der Waals surface area contributed by atoms with Gasteiger partial charge in [-0.3, -0.25) is 9.36 Å². The summed E-state index contributed by atoms with van der Waals surface area (Å²) in [5.74, 6) is 0. The topological polar surface area (TPSA) is 80.9 Å². The van der Waals surface area contributed by atoms with E-state index < -0.39 is 11.2 Å². The molecule has 0 bridgehead atoms. The molecule has 1 heterocycles. The summed E-state index contributed by atoms with van der Waals surface area (Å²) in [6, 6.07) is 0. The Balaban J connectivity index is 3.61. The van der Waals surface area contributed by atoms with Crippen LogP contribution in [0.1, 0.15) is 5.69 Å². The van der Waals surface area contributed by atoms with Crippen molar-refractivity contribution in [2.75, 3.05) is 0 Å². The van der Waals surface area contributed by atoms with Crippen LogP contribution in [0.15, 0.2) is 9.59 Å². The molecule has 5 nitrogen and oxygen atoms in total. The lowest BCUT2D eigenvalue weighted by Crippen LogP contribution is -2.34. The monoisotopic (exact) mass is 189 g/mol. The molecular weight excluding hydrogens is 182 g/mol. The zero-order valence-electron chi connectivity index (χ0n) is 6.43. The summed E-state index contributed by atoms with van der Waals surface area (Å²) >= 11 is 5.59. The van der Waals surface area contributed by atoms with Crippen molar-refractivity contribution < 1.29 is 0 Å². The summed E-state index contributed by atoms with van der Waals surface area (Å²) in [4.78, 5) is 24.5. The maximum Gasteiger partial charge on any atom is 0.328 e. The molecular formula is C6H8ClN3O2. The van der Waals surface area contributed by atoms with E-state index in [9.17, 15) is 9.59 Å². The van der Waals surface area contributed by atoms with Crippen LogP contribution in [0, 0.1) is 0 Å². The predicted octanol–water partition coefficient (Wildman–Crippen LogP) is -0.814. The maximum atomic E-state index is 11.1. The Morgan fingerprint density at radius 1 is 1.58 bits per heavy atom. The second-order valence-corrected chi connectivity index (χ2v) is 2.67. The van der Waals surface area contributed by atoms with Crippen molar-refractivity contribution in [3.8, 4) is 0 Å². The molecule has 0 saturated carbocycles. The number of hydrogen-bond donors (Lipinski definition) is 2. The average molecular weight is 190 g/mol. The highest BCUT2D eigenvalue weighted by atomic mass is 35.5. The Morgan fingerprint density at radius 2 is 2.17 bits per heavy atom. The number of aromatic amines is 1. The minimum atomic E-state index is -0.527. The first-order valence-electron chi connectivity index (χ1n) is 3.25. The van der Waals surface area contributed by atoms with E-state index >= 15 is 0 Å². The second-order valence-electron chi connectivity index (χ2n) is 2.29. The van der Waals surface area contributed by atoms with Gasteiger partial charge in [-0.2, -0.15) is 0 Å². The molecule has 6 heteroatoms. The van der Waals surface area contributed by atoms with Gasteiger partial charge in [-0.25, -0.2) is 4.79 Å². The van der Waals surface area contributed by atoms with Crippen molar-refractivity contribution in [1.82, 2.24) is 9.55 Å². The van der Waals surface area contributed by atoms with Gasteiger partial charge in [0.15, 0.2) is 0 Å². The molecule has 3 N–H and O–H groups in total. The van der Waals surface area contributed by atoms with Crippen molar-refractivity contribution in [1.29, 1.82) is 0 Å². The molecule has 0 spiro atoms. The summed E-state index contributed by atoms with van der Waals surface area (Å²) < 4.78 is 0.890. The number of nitrogens with one attached hydrogen (secondary N) is 1. The third-order valence-corrected chi connectivity index (χ3v) is 1.91. The molecule has 12 heavy (non-hydrogen) atoms. The van der Waals surface area contributed by atoms with Gasteiger partial charge in [-0.05, 0) is 0 Å². The Hall–Kier alpha value is -1.07. The SMILES string of the molecule is Cn1c(=O)[nH]c(CN)c(Cl)c1=O. The molecule has 0 radical (unpaired) electrons. The highest BCUT2D eigenvalue weighted by molar-refractivity contribution is 6.30. The Bertz CT molecular complexity index is 406. The number of halogens is 1. The van der Waals surface area contributed by atoms with Crippen LogP contribution < -0.4 is 17.0 Å². The van der Waals surface area contributed by atoms with E-state index in [-0.39, 0.29) is 17.3 Å². The first kappa shape index (κ1) is 9.02. The molecule has 0 atom stereocenters. The van der Waals surface area contributed by atoms with Gasteiger partial charge in [0.25, 0.3) is 5.56 Å². The predicted molar refractivity (Wildman–Crippen MR) is 45.2 cm³/mol. The van der Waals surface area contributed by atoms with E-state index in [1.165, 1.54) is 7.05 Å². The molecule has 0 aliphatic carbocycles. The molecule has 0 fully saturated rings. The third-order valence-electron chi connectivity index (χ3n) is 1.52. The first-order chi connectivity index (χ1) is 5.57. The van der Waals surface area contributed by atoms with Crippen LogP contribution in [0.25, 0.3) is 0 Å². The van der Waals surface area contributed by atoms with E-state index in [1.807, 2.05) is 0 Å². The summed E-state index contributed by atoms with van der Waals surface area (Å²) in [7, 11) is 1.34. The lowest BCUT2D eigenvalue weighted by molar-refractivity contribution is 0.753. The smallest absolute Gasteiger partial charge is 0.325 e. The molecule has 0 unspecified atom stereocenters. The summed E-state index contributed by atoms with van der Waals surface area (Å²) in [5, 5.41) is -0.0281. The van der Waals surface area contributed by atoms with Gasteiger partial charge < -0.3 is 10.7 Å². The van der Waals surface area contributed by atoms with Crippen LogP contribution in [0.4, 0.5) is 0 Å². The zero-order valence-corrected chi connectivity index (χ0v) is 7.18. The summed E-state index contributed by atoms with van der Waals surface area (Å²) in [6.07, 6.45) is 0. The van der Waals surface area contributed by atoms with Crippen molar-refractivity contribution in [3.05, 3.63) is 31.6 Å². The van der Waals surface area contributed by atoms with E-state index in [0.29, 0.717) is 0 Å². The number of nitrogens with two attached hydrogens (primary N) is 1. The molecule has 0 aromatic carbocycles. The fourth-order valence-electron chi connectivity index (χ4n) is 0.777. The second kappa shape index (κ2) is 3.12.